The molecule has 148 valence electrons. The van der Waals surface area contributed by atoms with Gasteiger partial charge in [-0.25, -0.2) is 0 Å². The fraction of sp³-hybridized carbons (Fsp3) is 0.389. The molecule has 0 radical (unpaired) electrons. The molecule has 2 N–H and O–H groups in total. The van der Waals surface area contributed by atoms with Gasteiger partial charge in [-0.05, 0) is 33.8 Å². The Bertz CT molecular complexity index is 1030. The fourth-order valence-corrected chi connectivity index (χ4v) is 2.96. The molecule has 3 rings (SSSR count). The maximum Gasteiger partial charge on any atom is 0.325 e. The summed E-state index contributed by atoms with van der Waals surface area (Å²) in [6.07, 6.45) is 3.46. The second-order valence-electron chi connectivity index (χ2n) is 6.55. The summed E-state index contributed by atoms with van der Waals surface area (Å²) in [4.78, 5) is 23.2. The number of aryl methyl sites for hydroxylation is 3. The van der Waals surface area contributed by atoms with Gasteiger partial charge >= 0.3 is 5.97 Å². The second-order valence-corrected chi connectivity index (χ2v) is 6.55. The highest BCUT2D eigenvalue weighted by molar-refractivity contribution is 6.03. The van der Waals surface area contributed by atoms with Crippen LogP contribution in [0.15, 0.2) is 18.5 Å². The number of carboxylic acids is 1. The van der Waals surface area contributed by atoms with E-state index >= 15 is 0 Å². The number of nitrogens with zero attached hydrogens (tertiary/aromatic N) is 6. The van der Waals surface area contributed by atoms with Gasteiger partial charge < -0.3 is 10.4 Å². The Hall–Kier alpha value is -3.43. The third kappa shape index (κ3) is 3.95. The van der Waals surface area contributed by atoms with E-state index in [-0.39, 0.29) is 12.2 Å². The number of nitrogens with one attached hydrogen (secondary N) is 1. The smallest absolute Gasteiger partial charge is 0.325 e. The molecule has 0 saturated carbocycles. The molecule has 10 nitrogen and oxygen atoms in total. The van der Waals surface area contributed by atoms with Crippen LogP contribution in [0.1, 0.15) is 40.1 Å². The Balaban J connectivity index is 1.77. The molecule has 0 spiro atoms. The van der Waals surface area contributed by atoms with E-state index in [1.54, 1.807) is 0 Å². The third-order valence-corrected chi connectivity index (χ3v) is 4.48. The summed E-state index contributed by atoms with van der Waals surface area (Å²) in [7, 11) is 0. The van der Waals surface area contributed by atoms with E-state index in [0.29, 0.717) is 17.9 Å². The minimum atomic E-state index is -1.02. The molecule has 0 fully saturated rings. The van der Waals surface area contributed by atoms with Gasteiger partial charge in [0.1, 0.15) is 6.54 Å². The van der Waals surface area contributed by atoms with Gasteiger partial charge in [0.25, 0.3) is 5.91 Å². The van der Waals surface area contributed by atoms with Crippen LogP contribution in [0.4, 0.5) is 5.69 Å². The number of aromatic nitrogens is 6. The van der Waals surface area contributed by atoms with Crippen molar-refractivity contribution in [1.82, 2.24) is 29.3 Å². The van der Waals surface area contributed by atoms with Crippen LogP contribution in [-0.2, 0) is 24.4 Å². The molecule has 0 bridgehead atoms. The van der Waals surface area contributed by atoms with E-state index in [1.807, 2.05) is 43.3 Å². The van der Waals surface area contributed by atoms with Gasteiger partial charge in [-0.15, -0.1) is 0 Å². The van der Waals surface area contributed by atoms with Gasteiger partial charge in [-0.3, -0.25) is 23.6 Å². The largest absolute Gasteiger partial charge is 0.480 e. The van der Waals surface area contributed by atoms with Crippen molar-refractivity contribution in [2.45, 2.75) is 47.3 Å². The highest BCUT2D eigenvalue weighted by Gasteiger charge is 2.18. The molecule has 0 atom stereocenters. The number of carboxylic acid groups (broad SMARTS) is 1. The van der Waals surface area contributed by atoms with Crippen LogP contribution in [0, 0.1) is 20.8 Å². The zero-order chi connectivity index (χ0) is 20.4. The molecule has 28 heavy (non-hydrogen) atoms. The SMILES string of the molecule is CCn1cc(Cn2nc(C)c(NC(=O)c3ccn(CC(=O)O)n3)c2C)c(C)n1. The van der Waals surface area contributed by atoms with Crippen LogP contribution in [-0.4, -0.2) is 46.3 Å². The summed E-state index contributed by atoms with van der Waals surface area (Å²) in [5.74, 6) is -1.44. The van der Waals surface area contributed by atoms with Gasteiger partial charge in [0.15, 0.2) is 5.69 Å². The van der Waals surface area contributed by atoms with E-state index < -0.39 is 11.9 Å². The molecule has 0 aliphatic carbocycles. The number of hydrogen-bond acceptors (Lipinski definition) is 5. The molecule has 10 heteroatoms. The van der Waals surface area contributed by atoms with Crippen molar-refractivity contribution < 1.29 is 14.7 Å². The first-order valence-electron chi connectivity index (χ1n) is 8.92. The lowest BCUT2D eigenvalue weighted by Gasteiger charge is -2.06. The average molecular weight is 385 g/mol. The standard InChI is InChI=1S/C18H23N7O3/c1-5-23-8-14(11(2)20-23)9-25-13(4)17(12(3)21-25)19-18(28)15-6-7-24(22-15)10-16(26)27/h6-8H,5,9-10H2,1-4H3,(H,19,28)(H,26,27). The number of anilines is 1. The van der Waals surface area contributed by atoms with Gasteiger partial charge in [-0.1, -0.05) is 0 Å². The number of hydrogen-bond donors (Lipinski definition) is 2. The summed E-state index contributed by atoms with van der Waals surface area (Å²) >= 11 is 0. The lowest BCUT2D eigenvalue weighted by Crippen LogP contribution is -2.16. The Morgan fingerprint density at radius 2 is 1.86 bits per heavy atom. The number of amides is 1. The van der Waals surface area contributed by atoms with Crippen molar-refractivity contribution in [3.8, 4) is 0 Å². The van der Waals surface area contributed by atoms with Crippen LogP contribution < -0.4 is 5.32 Å². The minimum Gasteiger partial charge on any atom is -0.480 e. The number of carbonyl (C=O) groups excluding carboxylic acids is 1. The van der Waals surface area contributed by atoms with E-state index in [0.717, 1.165) is 23.5 Å². The Morgan fingerprint density at radius 1 is 1.11 bits per heavy atom. The Morgan fingerprint density at radius 3 is 2.50 bits per heavy atom. The molecule has 1 amide bonds. The molecule has 0 aliphatic heterocycles. The fourth-order valence-electron chi connectivity index (χ4n) is 2.96. The molecular formula is C18H23N7O3. The van der Waals surface area contributed by atoms with Gasteiger partial charge in [0, 0.05) is 24.5 Å². The van der Waals surface area contributed by atoms with Crippen molar-refractivity contribution in [3.05, 3.63) is 46.8 Å². The summed E-state index contributed by atoms with van der Waals surface area (Å²) in [5, 5.41) is 24.6. The van der Waals surface area contributed by atoms with Gasteiger partial charge in [-0.2, -0.15) is 15.3 Å². The molecule has 0 saturated heterocycles. The highest BCUT2D eigenvalue weighted by atomic mass is 16.4. The Labute approximate surface area is 161 Å². The monoisotopic (exact) mass is 385 g/mol. The van der Waals surface area contributed by atoms with Crippen molar-refractivity contribution in [3.63, 3.8) is 0 Å². The lowest BCUT2D eigenvalue weighted by molar-refractivity contribution is -0.137. The van der Waals surface area contributed by atoms with Crippen LogP contribution in [0.2, 0.25) is 0 Å². The van der Waals surface area contributed by atoms with Crippen LogP contribution in [0.25, 0.3) is 0 Å². The van der Waals surface area contributed by atoms with Crippen LogP contribution in [0.3, 0.4) is 0 Å². The van der Waals surface area contributed by atoms with Crippen molar-refractivity contribution >= 4 is 17.6 Å². The van der Waals surface area contributed by atoms with Gasteiger partial charge in [0.2, 0.25) is 0 Å². The van der Waals surface area contributed by atoms with Crippen molar-refractivity contribution in [2.24, 2.45) is 0 Å². The molecule has 3 aromatic rings. The van der Waals surface area contributed by atoms with E-state index in [1.165, 1.54) is 16.9 Å². The van der Waals surface area contributed by atoms with Crippen LogP contribution >= 0.6 is 0 Å². The third-order valence-electron chi connectivity index (χ3n) is 4.48. The highest BCUT2D eigenvalue weighted by Crippen LogP contribution is 2.21. The van der Waals surface area contributed by atoms with Crippen molar-refractivity contribution in [2.75, 3.05) is 5.32 Å². The van der Waals surface area contributed by atoms with E-state index in [2.05, 4.69) is 20.6 Å². The molecule has 0 unspecified atom stereocenters. The lowest BCUT2D eigenvalue weighted by atomic mass is 10.2. The number of aliphatic carboxylic acids is 1. The average Bonchev–Trinajstić information content (AvgIpc) is 3.30. The first-order valence-corrected chi connectivity index (χ1v) is 8.92. The molecular weight excluding hydrogens is 362 g/mol. The minimum absolute atomic E-state index is 0.146. The molecule has 0 aromatic carbocycles. The topological polar surface area (TPSA) is 120 Å². The quantitative estimate of drug-likeness (QED) is 0.637. The van der Waals surface area contributed by atoms with Crippen LogP contribution in [0.5, 0.6) is 0 Å². The zero-order valence-electron chi connectivity index (χ0n) is 16.3. The first kappa shape index (κ1) is 19.3. The number of rotatable bonds is 7. The normalized spacial score (nSPS) is 11.0. The number of carbonyl (C=O) groups is 2. The van der Waals surface area contributed by atoms with Gasteiger partial charge in [0.05, 0.1) is 29.3 Å². The second kappa shape index (κ2) is 7.67. The maximum absolute atomic E-state index is 12.5. The zero-order valence-corrected chi connectivity index (χ0v) is 16.3. The Kier molecular flexibility index (Phi) is 5.30. The summed E-state index contributed by atoms with van der Waals surface area (Å²) in [5.41, 5.74) is 4.30. The predicted molar refractivity (Wildman–Crippen MR) is 101 cm³/mol. The summed E-state index contributed by atoms with van der Waals surface area (Å²) in [6, 6.07) is 1.48. The predicted octanol–water partition coefficient (Wildman–Crippen LogP) is 1.61. The van der Waals surface area contributed by atoms with Crippen molar-refractivity contribution in [1.29, 1.82) is 0 Å². The maximum atomic E-state index is 12.5. The molecule has 3 aromatic heterocycles. The summed E-state index contributed by atoms with van der Waals surface area (Å²) < 4.78 is 4.92. The van der Waals surface area contributed by atoms with E-state index in [4.69, 9.17) is 5.11 Å². The first-order chi connectivity index (χ1) is 13.3. The molecule has 3 heterocycles. The molecule has 0 aliphatic rings. The summed E-state index contributed by atoms with van der Waals surface area (Å²) in [6.45, 7) is 8.76. The van der Waals surface area contributed by atoms with E-state index in [9.17, 15) is 9.59 Å².